The molecule has 32 heavy (non-hydrogen) atoms. The summed E-state index contributed by atoms with van der Waals surface area (Å²) in [6.07, 6.45) is 0. The molecule has 4 N–H and O–H groups in total. The highest BCUT2D eigenvalue weighted by Crippen LogP contribution is 2.27. The van der Waals surface area contributed by atoms with Crippen LogP contribution >= 0.6 is 11.8 Å². The highest BCUT2D eigenvalue weighted by molar-refractivity contribution is 8.00. The van der Waals surface area contributed by atoms with Crippen molar-refractivity contribution in [3.63, 3.8) is 0 Å². The molecule has 0 bridgehead atoms. The van der Waals surface area contributed by atoms with Gasteiger partial charge in [0.1, 0.15) is 11.3 Å². The number of hydrogen-bond acceptors (Lipinski definition) is 5. The number of carbonyl (C=O) groups is 3. The Kier molecular flexibility index (Phi) is 7.17. The van der Waals surface area contributed by atoms with Crippen molar-refractivity contribution in [1.82, 2.24) is 0 Å². The molecule has 0 aliphatic heterocycles. The van der Waals surface area contributed by atoms with Crippen molar-refractivity contribution in [3.8, 4) is 5.75 Å². The number of nitrogens with one attached hydrogen (secondary N) is 2. The number of phenols is 1. The van der Waals surface area contributed by atoms with Crippen molar-refractivity contribution in [2.45, 2.75) is 24.0 Å². The molecule has 0 heterocycles. The van der Waals surface area contributed by atoms with E-state index in [2.05, 4.69) is 10.6 Å². The van der Waals surface area contributed by atoms with Crippen molar-refractivity contribution in [1.29, 1.82) is 0 Å². The Balaban J connectivity index is 1.58. The van der Waals surface area contributed by atoms with E-state index in [-0.39, 0.29) is 28.8 Å². The number of anilines is 2. The number of thioether (sulfide) groups is 1. The van der Waals surface area contributed by atoms with E-state index >= 15 is 0 Å². The van der Waals surface area contributed by atoms with Crippen LogP contribution in [0, 0.1) is 6.92 Å². The smallest absolute Gasteiger partial charge is 0.339 e. The first-order chi connectivity index (χ1) is 15.2. The second-order valence-electron chi connectivity index (χ2n) is 7.13. The van der Waals surface area contributed by atoms with Crippen LogP contribution in [-0.2, 0) is 4.79 Å². The highest BCUT2D eigenvalue weighted by atomic mass is 32.2. The molecule has 0 saturated carbocycles. The van der Waals surface area contributed by atoms with Crippen LogP contribution in [0.15, 0.2) is 71.6 Å². The third kappa shape index (κ3) is 5.89. The quantitative estimate of drug-likeness (QED) is 0.304. The molecule has 3 aromatic carbocycles. The van der Waals surface area contributed by atoms with E-state index in [1.807, 2.05) is 31.2 Å². The lowest BCUT2D eigenvalue weighted by Gasteiger charge is -2.13. The minimum absolute atomic E-state index is 0.201. The van der Waals surface area contributed by atoms with Crippen LogP contribution in [0.5, 0.6) is 5.75 Å². The first-order valence-electron chi connectivity index (χ1n) is 9.75. The Hall–Kier alpha value is -3.78. The van der Waals surface area contributed by atoms with Crippen LogP contribution in [0.4, 0.5) is 11.4 Å². The lowest BCUT2D eigenvalue weighted by atomic mass is 10.1. The van der Waals surface area contributed by atoms with Gasteiger partial charge in [-0.15, -0.1) is 11.8 Å². The summed E-state index contributed by atoms with van der Waals surface area (Å²) in [4.78, 5) is 36.7. The summed E-state index contributed by atoms with van der Waals surface area (Å²) in [5, 5.41) is 23.7. The molecule has 1 unspecified atom stereocenters. The molecule has 164 valence electrons. The standard InChI is InChI=1S/C24H22N2O5S/c1-14-3-5-16(6-4-14)23(29)25-17-7-10-19(11-8-17)32-15(2)22(28)26-18-9-12-21(27)20(13-18)24(30)31/h3-13,15,27H,1-2H3,(H,25,29)(H,26,28)(H,30,31). The topological polar surface area (TPSA) is 116 Å². The fraction of sp³-hybridized carbons (Fsp3) is 0.125. The van der Waals surface area contributed by atoms with E-state index in [0.29, 0.717) is 11.3 Å². The minimum Gasteiger partial charge on any atom is -0.507 e. The Morgan fingerprint density at radius 2 is 1.50 bits per heavy atom. The van der Waals surface area contributed by atoms with Crippen molar-refractivity contribution < 1.29 is 24.6 Å². The van der Waals surface area contributed by atoms with Crippen molar-refractivity contribution in [2.24, 2.45) is 0 Å². The van der Waals surface area contributed by atoms with Crippen LogP contribution < -0.4 is 10.6 Å². The van der Waals surface area contributed by atoms with Gasteiger partial charge in [0.15, 0.2) is 0 Å². The van der Waals surface area contributed by atoms with Crippen LogP contribution in [-0.4, -0.2) is 33.2 Å². The second kappa shape index (κ2) is 10.0. The molecule has 1 atom stereocenters. The van der Waals surface area contributed by atoms with Gasteiger partial charge < -0.3 is 20.8 Å². The number of aromatic hydroxyl groups is 1. The maximum Gasteiger partial charge on any atom is 0.339 e. The van der Waals surface area contributed by atoms with Crippen LogP contribution in [0.1, 0.15) is 33.2 Å². The van der Waals surface area contributed by atoms with Gasteiger partial charge in [0, 0.05) is 21.8 Å². The van der Waals surface area contributed by atoms with E-state index < -0.39 is 11.2 Å². The summed E-state index contributed by atoms with van der Waals surface area (Å²) in [6.45, 7) is 3.68. The molecule has 3 aromatic rings. The average Bonchev–Trinajstić information content (AvgIpc) is 2.76. The second-order valence-corrected chi connectivity index (χ2v) is 8.55. The van der Waals surface area contributed by atoms with Gasteiger partial charge in [0.2, 0.25) is 5.91 Å². The first-order valence-corrected chi connectivity index (χ1v) is 10.6. The summed E-state index contributed by atoms with van der Waals surface area (Å²) in [7, 11) is 0. The fourth-order valence-electron chi connectivity index (χ4n) is 2.81. The monoisotopic (exact) mass is 450 g/mol. The van der Waals surface area contributed by atoms with Gasteiger partial charge in [-0.05, 0) is 68.4 Å². The molecular weight excluding hydrogens is 428 g/mol. The van der Waals surface area contributed by atoms with Gasteiger partial charge in [-0.3, -0.25) is 9.59 Å². The lowest BCUT2D eigenvalue weighted by molar-refractivity contribution is -0.115. The maximum atomic E-state index is 12.5. The fourth-order valence-corrected chi connectivity index (χ4v) is 3.68. The molecule has 3 rings (SSSR count). The molecule has 0 aliphatic rings. The van der Waals surface area contributed by atoms with E-state index in [9.17, 15) is 19.5 Å². The SMILES string of the molecule is Cc1ccc(C(=O)Nc2ccc(SC(C)C(=O)Nc3ccc(O)c(C(=O)O)c3)cc2)cc1. The number of carboxylic acid groups (broad SMARTS) is 1. The van der Waals surface area contributed by atoms with Gasteiger partial charge in [0.05, 0.1) is 5.25 Å². The molecule has 2 amide bonds. The molecule has 7 nitrogen and oxygen atoms in total. The van der Waals surface area contributed by atoms with Gasteiger partial charge in [-0.25, -0.2) is 4.79 Å². The summed E-state index contributed by atoms with van der Waals surface area (Å²) in [5.41, 5.74) is 2.29. The summed E-state index contributed by atoms with van der Waals surface area (Å²) in [5.74, 6) is -2.16. The van der Waals surface area contributed by atoms with Crippen LogP contribution in [0.2, 0.25) is 0 Å². The molecule has 0 saturated heterocycles. The molecular formula is C24H22N2O5S. The zero-order valence-electron chi connectivity index (χ0n) is 17.5. The van der Waals surface area contributed by atoms with Crippen molar-refractivity contribution >= 4 is 40.9 Å². The van der Waals surface area contributed by atoms with Gasteiger partial charge >= 0.3 is 5.97 Å². The Morgan fingerprint density at radius 3 is 2.12 bits per heavy atom. The van der Waals surface area contributed by atoms with Crippen molar-refractivity contribution in [2.75, 3.05) is 10.6 Å². The Bertz CT molecular complexity index is 1140. The zero-order valence-corrected chi connectivity index (χ0v) is 18.3. The summed E-state index contributed by atoms with van der Waals surface area (Å²) in [6, 6.07) is 18.3. The van der Waals surface area contributed by atoms with E-state index in [0.717, 1.165) is 10.5 Å². The molecule has 0 fully saturated rings. The number of rotatable bonds is 7. The molecule has 0 radical (unpaired) electrons. The number of benzene rings is 3. The average molecular weight is 451 g/mol. The number of carbonyl (C=O) groups excluding carboxylic acids is 2. The predicted molar refractivity (Wildman–Crippen MR) is 125 cm³/mol. The number of amides is 2. The lowest BCUT2D eigenvalue weighted by Crippen LogP contribution is -2.22. The van der Waals surface area contributed by atoms with Crippen LogP contribution in [0.25, 0.3) is 0 Å². The summed E-state index contributed by atoms with van der Waals surface area (Å²) < 4.78 is 0. The molecule has 0 aliphatic carbocycles. The zero-order chi connectivity index (χ0) is 23.3. The predicted octanol–water partition coefficient (Wildman–Crippen LogP) is 4.77. The van der Waals surface area contributed by atoms with Gasteiger partial charge in [-0.1, -0.05) is 17.7 Å². The number of hydrogen-bond donors (Lipinski definition) is 4. The third-order valence-electron chi connectivity index (χ3n) is 4.60. The van der Waals surface area contributed by atoms with Crippen molar-refractivity contribution in [3.05, 3.63) is 83.4 Å². The van der Waals surface area contributed by atoms with Crippen LogP contribution in [0.3, 0.4) is 0 Å². The highest BCUT2D eigenvalue weighted by Gasteiger charge is 2.17. The van der Waals surface area contributed by atoms with Gasteiger partial charge in [0.25, 0.3) is 5.91 Å². The number of aryl methyl sites for hydroxylation is 1. The molecule has 0 aromatic heterocycles. The van der Waals surface area contributed by atoms with E-state index in [1.54, 1.807) is 31.2 Å². The van der Waals surface area contributed by atoms with Gasteiger partial charge in [-0.2, -0.15) is 0 Å². The number of carboxylic acids is 1. The largest absolute Gasteiger partial charge is 0.507 e. The number of aromatic carboxylic acids is 1. The molecule has 8 heteroatoms. The van der Waals surface area contributed by atoms with E-state index in [4.69, 9.17) is 5.11 Å². The van der Waals surface area contributed by atoms with E-state index in [1.165, 1.54) is 30.0 Å². The maximum absolute atomic E-state index is 12.5. The Morgan fingerprint density at radius 1 is 0.875 bits per heavy atom. The minimum atomic E-state index is -1.28. The Labute approximate surface area is 189 Å². The summed E-state index contributed by atoms with van der Waals surface area (Å²) >= 11 is 1.32. The first kappa shape index (κ1) is 22.9. The molecule has 0 spiro atoms. The third-order valence-corrected chi connectivity index (χ3v) is 5.71. The normalized spacial score (nSPS) is 11.4.